The average molecular weight is 209 g/mol. The molecule has 15 heavy (non-hydrogen) atoms. The SMILES string of the molecule is O=C(O)Cc1c[nH]c2ccc(O)c(F)c12. The molecule has 1 heterocycles. The number of nitrogens with one attached hydrogen (secondary N) is 1. The summed E-state index contributed by atoms with van der Waals surface area (Å²) in [4.78, 5) is 13.3. The third-order valence-electron chi connectivity index (χ3n) is 2.19. The quantitative estimate of drug-likeness (QED) is 0.703. The minimum atomic E-state index is -1.04. The number of benzene rings is 1. The first-order valence-corrected chi connectivity index (χ1v) is 4.29. The van der Waals surface area contributed by atoms with Crippen molar-refractivity contribution in [3.05, 3.63) is 29.7 Å². The molecule has 0 aliphatic rings. The van der Waals surface area contributed by atoms with Gasteiger partial charge in [-0.1, -0.05) is 0 Å². The van der Waals surface area contributed by atoms with Crippen LogP contribution < -0.4 is 0 Å². The van der Waals surface area contributed by atoms with Crippen LogP contribution in [0.1, 0.15) is 5.56 Å². The lowest BCUT2D eigenvalue weighted by Gasteiger charge is -1.99. The van der Waals surface area contributed by atoms with Gasteiger partial charge in [0.05, 0.1) is 6.42 Å². The minimum Gasteiger partial charge on any atom is -0.505 e. The predicted molar refractivity (Wildman–Crippen MR) is 51.3 cm³/mol. The van der Waals surface area contributed by atoms with Crippen LogP contribution in [0.2, 0.25) is 0 Å². The lowest BCUT2D eigenvalue weighted by molar-refractivity contribution is -0.136. The monoisotopic (exact) mass is 209 g/mol. The van der Waals surface area contributed by atoms with Gasteiger partial charge < -0.3 is 15.2 Å². The van der Waals surface area contributed by atoms with Crippen molar-refractivity contribution in [1.29, 1.82) is 0 Å². The van der Waals surface area contributed by atoms with Crippen LogP contribution in [0.4, 0.5) is 4.39 Å². The highest BCUT2D eigenvalue weighted by Gasteiger charge is 2.14. The fourth-order valence-electron chi connectivity index (χ4n) is 1.54. The maximum atomic E-state index is 13.5. The topological polar surface area (TPSA) is 73.3 Å². The summed E-state index contributed by atoms with van der Waals surface area (Å²) < 4.78 is 13.5. The predicted octanol–water partition coefficient (Wildman–Crippen LogP) is 1.64. The molecule has 0 aliphatic heterocycles. The molecule has 3 N–H and O–H groups in total. The molecule has 0 spiro atoms. The number of carbonyl (C=O) groups is 1. The zero-order chi connectivity index (χ0) is 11.0. The first kappa shape index (κ1) is 9.51. The van der Waals surface area contributed by atoms with E-state index in [9.17, 15) is 9.18 Å². The van der Waals surface area contributed by atoms with E-state index >= 15 is 0 Å². The summed E-state index contributed by atoms with van der Waals surface area (Å²) in [6, 6.07) is 2.72. The van der Waals surface area contributed by atoms with E-state index in [0.717, 1.165) is 0 Å². The van der Waals surface area contributed by atoms with Gasteiger partial charge >= 0.3 is 5.97 Å². The summed E-state index contributed by atoms with van der Waals surface area (Å²) in [5, 5.41) is 17.9. The molecule has 0 atom stereocenters. The fraction of sp³-hybridized carbons (Fsp3) is 0.100. The Morgan fingerprint density at radius 1 is 1.47 bits per heavy atom. The number of hydrogen-bond acceptors (Lipinski definition) is 2. The average Bonchev–Trinajstić information content (AvgIpc) is 2.55. The first-order chi connectivity index (χ1) is 7.09. The van der Waals surface area contributed by atoms with E-state index in [1.807, 2.05) is 0 Å². The number of phenolic OH excluding ortho intramolecular Hbond substituents is 1. The molecule has 0 unspecified atom stereocenters. The second-order valence-electron chi connectivity index (χ2n) is 3.21. The molecule has 1 aromatic heterocycles. The minimum absolute atomic E-state index is 0.136. The van der Waals surface area contributed by atoms with Crippen LogP contribution in [-0.4, -0.2) is 21.2 Å². The Labute approximate surface area is 84.0 Å². The smallest absolute Gasteiger partial charge is 0.307 e. The van der Waals surface area contributed by atoms with Crippen molar-refractivity contribution in [3.63, 3.8) is 0 Å². The van der Waals surface area contributed by atoms with Gasteiger partial charge in [0.1, 0.15) is 0 Å². The number of aromatic nitrogens is 1. The molecule has 5 heteroatoms. The van der Waals surface area contributed by atoms with Crippen LogP contribution in [0, 0.1) is 5.82 Å². The molecule has 0 fully saturated rings. The number of carboxylic acids is 1. The Hall–Kier alpha value is -2.04. The number of halogens is 1. The summed E-state index contributed by atoms with van der Waals surface area (Å²) in [7, 11) is 0. The number of carboxylic acid groups (broad SMARTS) is 1. The van der Waals surface area contributed by atoms with Crippen molar-refractivity contribution < 1.29 is 19.4 Å². The lowest BCUT2D eigenvalue weighted by Crippen LogP contribution is -1.99. The molecule has 0 saturated carbocycles. The van der Waals surface area contributed by atoms with Crippen molar-refractivity contribution in [2.75, 3.05) is 0 Å². The number of hydrogen-bond donors (Lipinski definition) is 3. The van der Waals surface area contributed by atoms with Gasteiger partial charge in [0.2, 0.25) is 0 Å². The van der Waals surface area contributed by atoms with E-state index in [2.05, 4.69) is 4.98 Å². The Morgan fingerprint density at radius 2 is 2.20 bits per heavy atom. The fourth-order valence-corrected chi connectivity index (χ4v) is 1.54. The van der Waals surface area contributed by atoms with Crippen molar-refractivity contribution in [2.45, 2.75) is 6.42 Å². The molecule has 0 radical (unpaired) electrons. The van der Waals surface area contributed by atoms with Crippen LogP contribution >= 0.6 is 0 Å². The van der Waals surface area contributed by atoms with Gasteiger partial charge in [0, 0.05) is 17.1 Å². The van der Waals surface area contributed by atoms with E-state index < -0.39 is 17.5 Å². The molecule has 0 amide bonds. The molecule has 0 aliphatic carbocycles. The van der Waals surface area contributed by atoms with Crippen molar-refractivity contribution in [2.24, 2.45) is 0 Å². The van der Waals surface area contributed by atoms with Crippen molar-refractivity contribution in [3.8, 4) is 5.75 Å². The van der Waals surface area contributed by atoms with E-state index in [0.29, 0.717) is 11.1 Å². The summed E-state index contributed by atoms with van der Waals surface area (Å²) >= 11 is 0. The van der Waals surface area contributed by atoms with Gasteiger partial charge in [-0.3, -0.25) is 4.79 Å². The van der Waals surface area contributed by atoms with Crippen LogP contribution in [0.3, 0.4) is 0 Å². The molecule has 4 nitrogen and oxygen atoms in total. The van der Waals surface area contributed by atoms with E-state index in [1.54, 1.807) is 0 Å². The summed E-state index contributed by atoms with van der Waals surface area (Å²) in [6.45, 7) is 0. The number of fused-ring (bicyclic) bond motifs is 1. The zero-order valence-corrected chi connectivity index (χ0v) is 7.62. The highest BCUT2D eigenvalue weighted by molar-refractivity contribution is 5.88. The summed E-state index contributed by atoms with van der Waals surface area (Å²) in [6.07, 6.45) is 1.15. The summed E-state index contributed by atoms with van der Waals surface area (Å²) in [5.74, 6) is -2.31. The number of rotatable bonds is 2. The van der Waals surface area contributed by atoms with E-state index in [1.165, 1.54) is 18.3 Å². The van der Waals surface area contributed by atoms with Crippen LogP contribution in [0.5, 0.6) is 5.75 Å². The van der Waals surface area contributed by atoms with E-state index in [-0.39, 0.29) is 11.8 Å². The zero-order valence-electron chi connectivity index (χ0n) is 7.62. The number of H-pyrrole nitrogens is 1. The maximum absolute atomic E-state index is 13.5. The first-order valence-electron chi connectivity index (χ1n) is 4.29. The highest BCUT2D eigenvalue weighted by Crippen LogP contribution is 2.28. The lowest BCUT2D eigenvalue weighted by atomic mass is 10.1. The number of aromatic amines is 1. The second-order valence-corrected chi connectivity index (χ2v) is 3.21. The van der Waals surface area contributed by atoms with Gasteiger partial charge in [-0.05, 0) is 17.7 Å². The largest absolute Gasteiger partial charge is 0.505 e. The number of aliphatic carboxylic acids is 1. The van der Waals surface area contributed by atoms with E-state index in [4.69, 9.17) is 10.2 Å². The van der Waals surface area contributed by atoms with Gasteiger partial charge in [-0.15, -0.1) is 0 Å². The molecular formula is C10H8FNO3. The van der Waals surface area contributed by atoms with Gasteiger partial charge in [0.25, 0.3) is 0 Å². The maximum Gasteiger partial charge on any atom is 0.307 e. The second kappa shape index (κ2) is 3.27. The third kappa shape index (κ3) is 1.52. The molecule has 0 bridgehead atoms. The van der Waals surface area contributed by atoms with Gasteiger partial charge in [-0.2, -0.15) is 0 Å². The normalized spacial score (nSPS) is 10.7. The highest BCUT2D eigenvalue weighted by atomic mass is 19.1. The van der Waals surface area contributed by atoms with Gasteiger partial charge in [0.15, 0.2) is 11.6 Å². The molecule has 0 saturated heterocycles. The third-order valence-corrected chi connectivity index (χ3v) is 2.19. The standard InChI is InChI=1S/C10H8FNO3/c11-10-7(13)2-1-6-9(10)5(4-12-6)3-8(14)15/h1-2,4,12-13H,3H2,(H,14,15). The van der Waals surface area contributed by atoms with Gasteiger partial charge in [-0.25, -0.2) is 4.39 Å². The number of phenols is 1. The summed E-state index contributed by atoms with van der Waals surface area (Å²) in [5.41, 5.74) is 0.799. The molecule has 78 valence electrons. The molecule has 1 aromatic carbocycles. The Bertz CT molecular complexity index is 533. The Morgan fingerprint density at radius 3 is 2.87 bits per heavy atom. The Kier molecular flexibility index (Phi) is 2.07. The van der Waals surface area contributed by atoms with Crippen molar-refractivity contribution >= 4 is 16.9 Å². The Balaban J connectivity index is 2.66. The van der Waals surface area contributed by atoms with Crippen LogP contribution in [-0.2, 0) is 11.2 Å². The van der Waals surface area contributed by atoms with Crippen LogP contribution in [0.15, 0.2) is 18.3 Å². The molecule has 2 rings (SSSR count). The molecular weight excluding hydrogens is 201 g/mol. The van der Waals surface area contributed by atoms with Crippen LogP contribution in [0.25, 0.3) is 10.9 Å². The van der Waals surface area contributed by atoms with Crippen molar-refractivity contribution in [1.82, 2.24) is 4.98 Å². The number of aromatic hydroxyl groups is 1. The molecule has 2 aromatic rings.